The zero-order valence-electron chi connectivity index (χ0n) is 11.9. The van der Waals surface area contributed by atoms with E-state index in [2.05, 4.69) is 11.6 Å². The lowest BCUT2D eigenvalue weighted by molar-refractivity contribution is 0.567. The van der Waals surface area contributed by atoms with E-state index in [1.807, 2.05) is 0 Å². The summed E-state index contributed by atoms with van der Waals surface area (Å²) < 4.78 is 26.6. The molecule has 0 aliphatic rings. The fourth-order valence-electron chi connectivity index (χ4n) is 1.87. The lowest BCUT2D eigenvalue weighted by atomic mass is 10.1. The van der Waals surface area contributed by atoms with Gasteiger partial charge in [-0.25, -0.2) is 13.1 Å². The number of halogens is 1. The number of nitrogens with two attached hydrogens (primary N) is 1. The number of anilines is 1. The molecule has 20 heavy (non-hydrogen) atoms. The molecule has 0 aliphatic carbocycles. The van der Waals surface area contributed by atoms with Gasteiger partial charge in [0, 0.05) is 6.54 Å². The Bertz CT molecular complexity index is 518. The summed E-state index contributed by atoms with van der Waals surface area (Å²) in [6, 6.07) is 4.34. The van der Waals surface area contributed by atoms with E-state index >= 15 is 0 Å². The number of rotatable bonds is 9. The van der Waals surface area contributed by atoms with Crippen molar-refractivity contribution in [1.82, 2.24) is 4.72 Å². The van der Waals surface area contributed by atoms with Gasteiger partial charge in [0.25, 0.3) is 0 Å². The highest BCUT2D eigenvalue weighted by Crippen LogP contribution is 2.22. The number of sulfonamides is 1. The highest BCUT2D eigenvalue weighted by Gasteiger charge is 2.14. The van der Waals surface area contributed by atoms with E-state index in [1.165, 1.54) is 37.5 Å². The summed E-state index contributed by atoms with van der Waals surface area (Å²) in [4.78, 5) is 0.155. The summed E-state index contributed by atoms with van der Waals surface area (Å²) in [5.41, 5.74) is 5.94. The standard InChI is InChI=1S/C14H23ClN2O2S/c1-2-3-4-5-6-7-10-17-20(18,19)12-8-9-14(16)13(15)11-12/h8-9,11,17H,2-7,10,16H2,1H3. The SMILES string of the molecule is CCCCCCCCNS(=O)(=O)c1ccc(N)c(Cl)c1. The molecule has 6 heteroatoms. The number of hydrogen-bond donors (Lipinski definition) is 2. The van der Waals surface area contributed by atoms with Crippen LogP contribution in [0.1, 0.15) is 45.4 Å². The highest BCUT2D eigenvalue weighted by molar-refractivity contribution is 7.89. The molecule has 114 valence electrons. The van der Waals surface area contributed by atoms with Gasteiger partial charge in [0.2, 0.25) is 10.0 Å². The van der Waals surface area contributed by atoms with Crippen molar-refractivity contribution < 1.29 is 8.42 Å². The molecule has 0 amide bonds. The summed E-state index contributed by atoms with van der Waals surface area (Å²) in [7, 11) is -3.49. The average Bonchev–Trinajstić information content (AvgIpc) is 2.40. The first-order chi connectivity index (χ1) is 9.47. The van der Waals surface area contributed by atoms with Gasteiger partial charge in [0.1, 0.15) is 0 Å². The van der Waals surface area contributed by atoms with Crippen LogP contribution in [-0.4, -0.2) is 15.0 Å². The molecule has 0 unspecified atom stereocenters. The minimum absolute atomic E-state index is 0.155. The molecule has 1 rings (SSSR count). The van der Waals surface area contributed by atoms with E-state index in [1.54, 1.807) is 0 Å². The number of hydrogen-bond acceptors (Lipinski definition) is 3. The lowest BCUT2D eigenvalue weighted by Crippen LogP contribution is -2.24. The van der Waals surface area contributed by atoms with Crippen molar-refractivity contribution in [2.75, 3.05) is 12.3 Å². The molecule has 0 atom stereocenters. The van der Waals surface area contributed by atoms with E-state index in [4.69, 9.17) is 17.3 Å². The second kappa shape index (κ2) is 8.49. The van der Waals surface area contributed by atoms with Gasteiger partial charge in [-0.2, -0.15) is 0 Å². The van der Waals surface area contributed by atoms with E-state index < -0.39 is 10.0 Å². The molecule has 3 N–H and O–H groups in total. The third-order valence-corrected chi connectivity index (χ3v) is 4.89. The Morgan fingerprint density at radius 2 is 1.80 bits per heavy atom. The molecule has 1 aromatic carbocycles. The zero-order chi connectivity index (χ0) is 15.0. The van der Waals surface area contributed by atoms with Gasteiger partial charge in [0.15, 0.2) is 0 Å². The molecule has 4 nitrogen and oxygen atoms in total. The second-order valence-electron chi connectivity index (χ2n) is 4.85. The van der Waals surface area contributed by atoms with Gasteiger partial charge in [-0.15, -0.1) is 0 Å². The monoisotopic (exact) mass is 318 g/mol. The maximum absolute atomic E-state index is 12.0. The van der Waals surface area contributed by atoms with E-state index in [0.717, 1.165) is 19.3 Å². The van der Waals surface area contributed by atoms with E-state index in [-0.39, 0.29) is 9.92 Å². The molecule has 0 bridgehead atoms. The third kappa shape index (κ3) is 5.69. The number of unbranched alkanes of at least 4 members (excludes halogenated alkanes) is 5. The molecule has 0 aliphatic heterocycles. The van der Waals surface area contributed by atoms with Crippen molar-refractivity contribution in [3.63, 3.8) is 0 Å². The van der Waals surface area contributed by atoms with Crippen LogP contribution in [0.5, 0.6) is 0 Å². The fraction of sp³-hybridized carbons (Fsp3) is 0.571. The van der Waals surface area contributed by atoms with Crippen LogP contribution in [0.25, 0.3) is 0 Å². The first kappa shape index (κ1) is 17.3. The first-order valence-corrected chi connectivity index (χ1v) is 8.88. The predicted molar refractivity (Wildman–Crippen MR) is 84.4 cm³/mol. The smallest absolute Gasteiger partial charge is 0.240 e. The maximum Gasteiger partial charge on any atom is 0.240 e. The van der Waals surface area contributed by atoms with Crippen LogP contribution < -0.4 is 10.5 Å². The summed E-state index contributed by atoms with van der Waals surface area (Å²) >= 11 is 5.83. The Morgan fingerprint density at radius 3 is 2.45 bits per heavy atom. The summed E-state index contributed by atoms with van der Waals surface area (Å²) in [6.45, 7) is 2.63. The van der Waals surface area contributed by atoms with Gasteiger partial charge in [0.05, 0.1) is 15.6 Å². The normalized spacial score (nSPS) is 11.7. The van der Waals surface area contributed by atoms with Crippen LogP contribution in [0.4, 0.5) is 5.69 Å². The van der Waals surface area contributed by atoms with Crippen molar-refractivity contribution in [2.24, 2.45) is 0 Å². The predicted octanol–water partition coefficient (Wildman–Crippen LogP) is 3.56. The first-order valence-electron chi connectivity index (χ1n) is 7.02. The number of nitrogens with one attached hydrogen (secondary N) is 1. The second-order valence-corrected chi connectivity index (χ2v) is 7.02. The molecule has 0 fully saturated rings. The quantitative estimate of drug-likeness (QED) is 0.540. The molecular formula is C14H23ClN2O2S. The average molecular weight is 319 g/mol. The third-order valence-electron chi connectivity index (χ3n) is 3.10. The van der Waals surface area contributed by atoms with Crippen molar-refractivity contribution in [1.29, 1.82) is 0 Å². The molecule has 0 radical (unpaired) electrons. The highest BCUT2D eigenvalue weighted by atomic mass is 35.5. The Labute approximate surface area is 126 Å². The van der Waals surface area contributed by atoms with Gasteiger partial charge in [-0.05, 0) is 24.6 Å². The van der Waals surface area contributed by atoms with Gasteiger partial charge >= 0.3 is 0 Å². The molecular weight excluding hydrogens is 296 g/mol. The minimum atomic E-state index is -3.49. The zero-order valence-corrected chi connectivity index (χ0v) is 13.4. The van der Waals surface area contributed by atoms with Crippen LogP contribution in [0, 0.1) is 0 Å². The molecule has 1 aromatic rings. The fourth-order valence-corrected chi connectivity index (χ4v) is 3.22. The van der Waals surface area contributed by atoms with Crippen molar-refractivity contribution in [3.05, 3.63) is 23.2 Å². The van der Waals surface area contributed by atoms with Crippen LogP contribution in [0.2, 0.25) is 5.02 Å². The Balaban J connectivity index is 2.40. The maximum atomic E-state index is 12.0. The molecule has 0 spiro atoms. The van der Waals surface area contributed by atoms with Crippen LogP contribution >= 0.6 is 11.6 Å². The van der Waals surface area contributed by atoms with Gasteiger partial charge in [-0.1, -0.05) is 50.6 Å². The molecule has 0 aromatic heterocycles. The number of benzene rings is 1. The molecule has 0 heterocycles. The topological polar surface area (TPSA) is 72.2 Å². The van der Waals surface area contributed by atoms with E-state index in [9.17, 15) is 8.42 Å². The van der Waals surface area contributed by atoms with Gasteiger partial charge < -0.3 is 5.73 Å². The van der Waals surface area contributed by atoms with E-state index in [0.29, 0.717) is 12.2 Å². The Hall–Kier alpha value is -0.780. The molecule has 0 saturated carbocycles. The van der Waals surface area contributed by atoms with Crippen molar-refractivity contribution in [2.45, 2.75) is 50.3 Å². The Morgan fingerprint density at radius 1 is 1.15 bits per heavy atom. The summed E-state index contributed by atoms with van der Waals surface area (Å²) in [5.74, 6) is 0. The van der Waals surface area contributed by atoms with Crippen LogP contribution in [-0.2, 0) is 10.0 Å². The summed E-state index contributed by atoms with van der Waals surface area (Å²) in [5, 5.41) is 0.257. The number of nitrogen functional groups attached to an aromatic ring is 1. The van der Waals surface area contributed by atoms with Crippen molar-refractivity contribution >= 4 is 27.3 Å². The van der Waals surface area contributed by atoms with Crippen molar-refractivity contribution in [3.8, 4) is 0 Å². The van der Waals surface area contributed by atoms with Crippen LogP contribution in [0.3, 0.4) is 0 Å². The Kier molecular flexibility index (Phi) is 7.34. The minimum Gasteiger partial charge on any atom is -0.398 e. The largest absolute Gasteiger partial charge is 0.398 e. The van der Waals surface area contributed by atoms with Gasteiger partial charge in [-0.3, -0.25) is 0 Å². The lowest BCUT2D eigenvalue weighted by Gasteiger charge is -2.08. The van der Waals surface area contributed by atoms with Crippen LogP contribution in [0.15, 0.2) is 23.1 Å². The molecule has 0 saturated heterocycles. The summed E-state index contributed by atoms with van der Waals surface area (Å²) in [6.07, 6.45) is 6.73.